The number of rotatable bonds is 2. The number of aryl methyl sites for hydroxylation is 1. The summed E-state index contributed by atoms with van der Waals surface area (Å²) in [6.07, 6.45) is -4.30. The van der Waals surface area contributed by atoms with Crippen LogP contribution in [-0.4, -0.2) is 6.30 Å². The van der Waals surface area contributed by atoms with E-state index in [1.165, 1.54) is 5.32 Å². The minimum atomic E-state index is -4.30. The molecule has 0 aliphatic heterocycles. The van der Waals surface area contributed by atoms with Crippen molar-refractivity contribution in [2.45, 2.75) is 19.8 Å². The van der Waals surface area contributed by atoms with Crippen molar-refractivity contribution in [2.75, 3.05) is 0 Å². The summed E-state index contributed by atoms with van der Waals surface area (Å²) < 4.78 is 35.3. The molecule has 1 aromatic rings. The lowest BCUT2D eigenvalue weighted by molar-refractivity contribution is -0.158. The minimum Gasteiger partial charge on any atom is -0.224 e. The number of nitrogens with one attached hydrogen (secondary N) is 1. The molecule has 0 radical (unpaired) electrons. The molecule has 0 amide bonds. The van der Waals surface area contributed by atoms with Gasteiger partial charge in [0.15, 0.2) is 0 Å². The van der Waals surface area contributed by atoms with Crippen LogP contribution in [0.1, 0.15) is 11.1 Å². The first-order valence-electron chi connectivity index (χ1n) is 3.85. The molecule has 0 bridgehead atoms. The second kappa shape index (κ2) is 3.79. The smallest absolute Gasteiger partial charge is 0.224 e. The van der Waals surface area contributed by atoms with E-state index in [1.54, 1.807) is 31.2 Å². The fraction of sp³-hybridized carbons (Fsp3) is 0.333. The highest BCUT2D eigenvalue weighted by molar-refractivity contribution is 5.25. The highest BCUT2D eigenvalue weighted by atomic mass is 19.4. The molecule has 72 valence electrons. The third kappa shape index (κ3) is 3.46. The van der Waals surface area contributed by atoms with E-state index in [1.807, 2.05) is 0 Å². The van der Waals surface area contributed by atoms with E-state index in [-0.39, 0.29) is 6.54 Å². The molecule has 0 aliphatic rings. The lowest BCUT2D eigenvalue weighted by Gasteiger charge is -2.09. The second-order valence-electron chi connectivity index (χ2n) is 2.78. The Hall–Kier alpha value is -1.03. The molecule has 13 heavy (non-hydrogen) atoms. The Morgan fingerprint density at radius 1 is 1.23 bits per heavy atom. The van der Waals surface area contributed by atoms with Gasteiger partial charge in [0, 0.05) is 6.54 Å². The van der Waals surface area contributed by atoms with Gasteiger partial charge in [0.05, 0.1) is 0 Å². The zero-order valence-corrected chi connectivity index (χ0v) is 7.15. The fourth-order valence-electron chi connectivity index (χ4n) is 1.00. The molecule has 0 fully saturated rings. The normalized spacial score (nSPS) is 11.7. The molecule has 0 spiro atoms. The van der Waals surface area contributed by atoms with Crippen molar-refractivity contribution in [3.63, 3.8) is 0 Å². The van der Waals surface area contributed by atoms with E-state index in [9.17, 15) is 13.2 Å². The van der Waals surface area contributed by atoms with Gasteiger partial charge in [-0.25, -0.2) is 5.32 Å². The van der Waals surface area contributed by atoms with Crippen molar-refractivity contribution in [3.8, 4) is 0 Å². The van der Waals surface area contributed by atoms with E-state index in [0.29, 0.717) is 5.56 Å². The van der Waals surface area contributed by atoms with Crippen LogP contribution in [0.15, 0.2) is 24.3 Å². The predicted octanol–water partition coefficient (Wildman–Crippen LogP) is 2.60. The third-order valence-electron chi connectivity index (χ3n) is 1.74. The first-order chi connectivity index (χ1) is 5.99. The van der Waals surface area contributed by atoms with Crippen LogP contribution in [0.3, 0.4) is 0 Å². The summed E-state index contributed by atoms with van der Waals surface area (Å²) in [7, 11) is 0. The van der Waals surface area contributed by atoms with Crippen LogP contribution in [0.25, 0.3) is 0 Å². The topological polar surface area (TPSA) is 12.0 Å². The Bertz CT molecular complexity index is 280. The molecule has 1 rings (SSSR count). The van der Waals surface area contributed by atoms with E-state index < -0.39 is 6.30 Å². The number of halogens is 3. The summed E-state index contributed by atoms with van der Waals surface area (Å²) in [5, 5.41) is 1.48. The van der Waals surface area contributed by atoms with Crippen LogP contribution in [0, 0.1) is 6.92 Å². The van der Waals surface area contributed by atoms with Gasteiger partial charge in [0.2, 0.25) is 0 Å². The van der Waals surface area contributed by atoms with Gasteiger partial charge in [-0.2, -0.15) is 13.2 Å². The van der Waals surface area contributed by atoms with Crippen LogP contribution < -0.4 is 5.32 Å². The largest absolute Gasteiger partial charge is 0.457 e. The number of hydrogen-bond donors (Lipinski definition) is 1. The van der Waals surface area contributed by atoms with Gasteiger partial charge in [0.1, 0.15) is 0 Å². The van der Waals surface area contributed by atoms with Crippen LogP contribution in [0.5, 0.6) is 0 Å². The molecule has 0 aliphatic carbocycles. The lowest BCUT2D eigenvalue weighted by Crippen LogP contribution is -2.30. The van der Waals surface area contributed by atoms with Crippen molar-refractivity contribution < 1.29 is 13.2 Å². The zero-order valence-electron chi connectivity index (χ0n) is 7.15. The quantitative estimate of drug-likeness (QED) is 0.705. The van der Waals surface area contributed by atoms with Crippen LogP contribution in [0.4, 0.5) is 13.2 Å². The first-order valence-corrected chi connectivity index (χ1v) is 3.85. The average molecular weight is 189 g/mol. The second-order valence-corrected chi connectivity index (χ2v) is 2.78. The molecule has 0 saturated heterocycles. The monoisotopic (exact) mass is 189 g/mol. The lowest BCUT2D eigenvalue weighted by atomic mass is 10.1. The third-order valence-corrected chi connectivity index (χ3v) is 1.74. The van der Waals surface area contributed by atoms with Crippen molar-refractivity contribution >= 4 is 0 Å². The molecule has 0 heterocycles. The maximum Gasteiger partial charge on any atom is 0.457 e. The van der Waals surface area contributed by atoms with Crippen molar-refractivity contribution in [2.24, 2.45) is 0 Å². The van der Waals surface area contributed by atoms with E-state index in [2.05, 4.69) is 0 Å². The summed E-state index contributed by atoms with van der Waals surface area (Å²) >= 11 is 0. The van der Waals surface area contributed by atoms with Gasteiger partial charge in [-0.1, -0.05) is 24.3 Å². The van der Waals surface area contributed by atoms with Crippen LogP contribution in [-0.2, 0) is 6.54 Å². The Morgan fingerprint density at radius 3 is 2.38 bits per heavy atom. The van der Waals surface area contributed by atoms with E-state index in [0.717, 1.165) is 5.56 Å². The molecule has 1 aromatic carbocycles. The van der Waals surface area contributed by atoms with Gasteiger partial charge in [0.25, 0.3) is 0 Å². The van der Waals surface area contributed by atoms with Crippen molar-refractivity contribution in [1.29, 1.82) is 0 Å². The Labute approximate surface area is 74.6 Å². The predicted molar refractivity (Wildman–Crippen MR) is 44.1 cm³/mol. The van der Waals surface area contributed by atoms with Crippen LogP contribution >= 0.6 is 0 Å². The van der Waals surface area contributed by atoms with Crippen molar-refractivity contribution in [1.82, 2.24) is 5.32 Å². The number of alkyl halides is 3. The Morgan fingerprint density at radius 2 is 1.85 bits per heavy atom. The average Bonchev–Trinajstić information content (AvgIpc) is 2.01. The molecule has 1 nitrogen and oxygen atoms in total. The van der Waals surface area contributed by atoms with Crippen molar-refractivity contribution in [3.05, 3.63) is 35.4 Å². The molecule has 0 atom stereocenters. The maximum atomic E-state index is 11.8. The maximum absolute atomic E-state index is 11.8. The van der Waals surface area contributed by atoms with E-state index in [4.69, 9.17) is 0 Å². The molecule has 4 heteroatoms. The molecule has 0 saturated carbocycles. The van der Waals surface area contributed by atoms with Gasteiger partial charge in [-0.3, -0.25) is 0 Å². The zero-order chi connectivity index (χ0) is 9.90. The van der Waals surface area contributed by atoms with Gasteiger partial charge in [-0.15, -0.1) is 0 Å². The standard InChI is InChI=1S/C9H10F3N/c1-7-4-2-3-5-8(7)6-13-9(10,11)12/h2-5,13H,6H2,1H3. The molecule has 1 N–H and O–H groups in total. The molecule has 0 unspecified atom stereocenters. The number of benzene rings is 1. The Balaban J connectivity index is 2.60. The summed E-state index contributed by atoms with van der Waals surface area (Å²) in [6, 6.07) is 6.98. The summed E-state index contributed by atoms with van der Waals surface area (Å²) in [6.45, 7) is 1.61. The highest BCUT2D eigenvalue weighted by Crippen LogP contribution is 2.13. The van der Waals surface area contributed by atoms with Gasteiger partial charge >= 0.3 is 6.30 Å². The molecular formula is C9H10F3N. The van der Waals surface area contributed by atoms with Crippen LogP contribution in [0.2, 0.25) is 0 Å². The summed E-state index contributed by atoms with van der Waals surface area (Å²) in [4.78, 5) is 0. The number of hydrogen-bond acceptors (Lipinski definition) is 1. The van der Waals surface area contributed by atoms with Gasteiger partial charge < -0.3 is 0 Å². The SMILES string of the molecule is Cc1ccccc1CNC(F)(F)F. The molecular weight excluding hydrogens is 179 g/mol. The summed E-state index contributed by atoms with van der Waals surface area (Å²) in [5.41, 5.74) is 1.53. The minimum absolute atomic E-state index is 0.170. The van der Waals surface area contributed by atoms with E-state index >= 15 is 0 Å². The highest BCUT2D eigenvalue weighted by Gasteiger charge is 2.25. The summed E-state index contributed by atoms with van der Waals surface area (Å²) in [5.74, 6) is 0. The fourth-order valence-corrected chi connectivity index (χ4v) is 1.00. The molecule has 0 aromatic heterocycles. The Kier molecular flexibility index (Phi) is 2.93. The van der Waals surface area contributed by atoms with Gasteiger partial charge in [-0.05, 0) is 18.1 Å². The first kappa shape index (κ1) is 10.1.